The Morgan fingerprint density at radius 3 is 2.44 bits per heavy atom. The number of benzene rings is 1. The van der Waals surface area contributed by atoms with Gasteiger partial charge >= 0.3 is 5.97 Å². The molecular formula is C18H20ClN3O5. The van der Waals surface area contributed by atoms with Gasteiger partial charge in [0.1, 0.15) is 17.8 Å². The summed E-state index contributed by atoms with van der Waals surface area (Å²) >= 11 is 6.14. The molecule has 0 saturated carbocycles. The van der Waals surface area contributed by atoms with Gasteiger partial charge in [0.2, 0.25) is 0 Å². The summed E-state index contributed by atoms with van der Waals surface area (Å²) in [5.74, 6) is -2.82. The van der Waals surface area contributed by atoms with Crippen LogP contribution in [0.15, 0.2) is 29.1 Å². The van der Waals surface area contributed by atoms with Crippen LogP contribution in [0, 0.1) is 0 Å². The molecule has 144 valence electrons. The summed E-state index contributed by atoms with van der Waals surface area (Å²) in [6, 6.07) is 6.86. The molecule has 1 heterocycles. The fourth-order valence-electron chi connectivity index (χ4n) is 2.41. The maximum absolute atomic E-state index is 12.8. The molecule has 1 aromatic heterocycles. The van der Waals surface area contributed by atoms with E-state index in [1.165, 1.54) is 0 Å². The van der Waals surface area contributed by atoms with Crippen LogP contribution in [0.25, 0.3) is 0 Å². The van der Waals surface area contributed by atoms with Gasteiger partial charge < -0.3 is 15.5 Å². The average Bonchev–Trinajstić information content (AvgIpc) is 2.56. The second kappa shape index (κ2) is 7.79. The molecule has 0 radical (unpaired) electrons. The van der Waals surface area contributed by atoms with E-state index in [0.717, 1.165) is 4.68 Å². The van der Waals surface area contributed by atoms with Crippen molar-refractivity contribution in [3.8, 4) is 5.75 Å². The number of carbonyl (C=O) groups is 2. The lowest BCUT2D eigenvalue weighted by molar-refractivity contribution is -0.135. The van der Waals surface area contributed by atoms with Gasteiger partial charge in [0.25, 0.3) is 11.5 Å². The third-order valence-corrected chi connectivity index (χ3v) is 4.11. The molecule has 0 aliphatic carbocycles. The number of aromatic nitrogens is 2. The van der Waals surface area contributed by atoms with Gasteiger partial charge in [-0.1, -0.05) is 50.6 Å². The Morgan fingerprint density at radius 2 is 1.89 bits per heavy atom. The van der Waals surface area contributed by atoms with E-state index in [1.807, 2.05) is 0 Å². The average molecular weight is 394 g/mol. The minimum Gasteiger partial charge on any atom is -0.505 e. The first-order valence-electron chi connectivity index (χ1n) is 8.10. The van der Waals surface area contributed by atoms with E-state index in [0.29, 0.717) is 10.6 Å². The highest BCUT2D eigenvalue weighted by atomic mass is 35.5. The number of carbonyl (C=O) groups excluding carboxylic acids is 1. The molecule has 2 aromatic rings. The van der Waals surface area contributed by atoms with Crippen LogP contribution < -0.4 is 10.9 Å². The summed E-state index contributed by atoms with van der Waals surface area (Å²) in [6.07, 6.45) is 0. The van der Waals surface area contributed by atoms with E-state index in [9.17, 15) is 19.5 Å². The summed E-state index contributed by atoms with van der Waals surface area (Å²) in [6.45, 7) is 4.59. The zero-order valence-corrected chi connectivity index (χ0v) is 15.9. The third-order valence-electron chi connectivity index (χ3n) is 3.75. The summed E-state index contributed by atoms with van der Waals surface area (Å²) < 4.78 is 1.04. The normalized spacial score (nSPS) is 11.3. The number of nitrogens with one attached hydrogen (secondary N) is 1. The highest BCUT2D eigenvalue weighted by Gasteiger charge is 2.29. The molecule has 9 heteroatoms. The topological polar surface area (TPSA) is 122 Å². The molecule has 0 spiro atoms. The van der Waals surface area contributed by atoms with Gasteiger partial charge in [-0.2, -0.15) is 5.10 Å². The van der Waals surface area contributed by atoms with Crippen molar-refractivity contribution in [3.63, 3.8) is 0 Å². The van der Waals surface area contributed by atoms with Crippen LogP contribution in [-0.2, 0) is 16.8 Å². The number of carboxylic acid groups (broad SMARTS) is 1. The Balaban J connectivity index is 2.62. The Labute approximate surface area is 160 Å². The Hall–Kier alpha value is -2.87. The zero-order valence-electron chi connectivity index (χ0n) is 15.1. The second-order valence-corrected chi connectivity index (χ2v) is 7.36. The third kappa shape index (κ3) is 4.65. The van der Waals surface area contributed by atoms with E-state index in [-0.39, 0.29) is 12.2 Å². The van der Waals surface area contributed by atoms with Gasteiger partial charge in [-0.05, 0) is 11.6 Å². The predicted molar refractivity (Wildman–Crippen MR) is 99.4 cm³/mol. The summed E-state index contributed by atoms with van der Waals surface area (Å²) in [7, 11) is 0. The standard InChI is InChI=1S/C18H20ClN3O5/c1-18(2,3)15-14(25)13(16(26)20-8-12(23)24)17(27)22(21-15)9-10-6-4-5-7-11(10)19/h4-7,25H,8-9H2,1-3H3,(H,20,26)(H,23,24). The SMILES string of the molecule is CC(C)(C)c1nn(Cc2ccccc2Cl)c(=O)c(C(=O)NCC(=O)O)c1O. The molecule has 2 rings (SSSR count). The summed E-state index contributed by atoms with van der Waals surface area (Å²) in [5.41, 5.74) is -1.33. The molecule has 0 aliphatic heterocycles. The van der Waals surface area contributed by atoms with E-state index in [2.05, 4.69) is 10.4 Å². The molecule has 8 nitrogen and oxygen atoms in total. The molecule has 0 unspecified atom stereocenters. The number of hydrogen-bond donors (Lipinski definition) is 3. The van der Waals surface area contributed by atoms with E-state index < -0.39 is 40.7 Å². The van der Waals surface area contributed by atoms with Crippen LogP contribution in [0.4, 0.5) is 0 Å². The highest BCUT2D eigenvalue weighted by Crippen LogP contribution is 2.29. The number of aromatic hydroxyl groups is 1. The molecule has 1 amide bonds. The lowest BCUT2D eigenvalue weighted by Gasteiger charge is -2.22. The van der Waals surface area contributed by atoms with E-state index in [4.69, 9.17) is 16.7 Å². The number of rotatable bonds is 5. The molecular weight excluding hydrogens is 374 g/mol. The maximum Gasteiger partial charge on any atom is 0.322 e. The largest absolute Gasteiger partial charge is 0.505 e. The number of hydrogen-bond acceptors (Lipinski definition) is 5. The maximum atomic E-state index is 12.8. The van der Waals surface area contributed by atoms with Crippen molar-refractivity contribution in [2.45, 2.75) is 32.7 Å². The van der Waals surface area contributed by atoms with Crippen LogP contribution in [-0.4, -0.2) is 38.4 Å². The molecule has 3 N–H and O–H groups in total. The fraction of sp³-hybridized carbons (Fsp3) is 0.333. The van der Waals surface area contributed by atoms with Crippen molar-refractivity contribution < 1.29 is 19.8 Å². The Bertz CT molecular complexity index is 947. The van der Waals surface area contributed by atoms with Gasteiger partial charge in [0, 0.05) is 10.4 Å². The monoisotopic (exact) mass is 393 g/mol. The quantitative estimate of drug-likeness (QED) is 0.711. The van der Waals surface area contributed by atoms with Crippen molar-refractivity contribution in [2.75, 3.05) is 6.54 Å². The van der Waals surface area contributed by atoms with E-state index >= 15 is 0 Å². The molecule has 0 saturated heterocycles. The minimum atomic E-state index is -1.27. The van der Waals surface area contributed by atoms with Crippen LogP contribution in [0.3, 0.4) is 0 Å². The molecule has 0 fully saturated rings. The number of aliphatic carboxylic acids is 1. The molecule has 0 bridgehead atoms. The molecule has 27 heavy (non-hydrogen) atoms. The Kier molecular flexibility index (Phi) is 5.90. The zero-order chi connectivity index (χ0) is 20.4. The first kappa shape index (κ1) is 20.4. The van der Waals surface area contributed by atoms with Gasteiger partial charge in [0.05, 0.1) is 6.54 Å². The number of halogens is 1. The lowest BCUT2D eigenvalue weighted by Crippen LogP contribution is -2.38. The van der Waals surface area contributed by atoms with Crippen LogP contribution >= 0.6 is 11.6 Å². The van der Waals surface area contributed by atoms with Crippen molar-refractivity contribution in [1.29, 1.82) is 0 Å². The first-order valence-corrected chi connectivity index (χ1v) is 8.48. The predicted octanol–water partition coefficient (Wildman–Crippen LogP) is 1.76. The smallest absolute Gasteiger partial charge is 0.322 e. The van der Waals surface area contributed by atoms with Gasteiger partial charge in [-0.3, -0.25) is 14.4 Å². The van der Waals surface area contributed by atoms with Gasteiger partial charge in [0.15, 0.2) is 5.75 Å². The Morgan fingerprint density at radius 1 is 1.26 bits per heavy atom. The van der Waals surface area contributed by atoms with Crippen LogP contribution in [0.2, 0.25) is 5.02 Å². The molecule has 0 atom stereocenters. The second-order valence-electron chi connectivity index (χ2n) is 6.95. The highest BCUT2D eigenvalue weighted by molar-refractivity contribution is 6.31. The summed E-state index contributed by atoms with van der Waals surface area (Å²) in [4.78, 5) is 35.8. The first-order chi connectivity index (χ1) is 12.5. The van der Waals surface area contributed by atoms with Crippen LogP contribution in [0.1, 0.15) is 42.4 Å². The van der Waals surface area contributed by atoms with Crippen molar-refractivity contribution in [3.05, 3.63) is 56.5 Å². The minimum absolute atomic E-state index is 0.0128. The number of amides is 1. The number of nitrogens with zero attached hydrogens (tertiary/aromatic N) is 2. The lowest BCUT2D eigenvalue weighted by atomic mass is 9.90. The molecule has 0 aliphatic rings. The van der Waals surface area contributed by atoms with Crippen molar-refractivity contribution >= 4 is 23.5 Å². The van der Waals surface area contributed by atoms with Crippen molar-refractivity contribution in [2.24, 2.45) is 0 Å². The van der Waals surface area contributed by atoms with Gasteiger partial charge in [-0.15, -0.1) is 0 Å². The fourth-order valence-corrected chi connectivity index (χ4v) is 2.61. The number of carboxylic acids is 1. The van der Waals surface area contributed by atoms with E-state index in [1.54, 1.807) is 45.0 Å². The van der Waals surface area contributed by atoms with Gasteiger partial charge in [-0.25, -0.2) is 4.68 Å². The summed E-state index contributed by atoms with van der Waals surface area (Å²) in [5, 5.41) is 25.9. The molecule has 1 aromatic carbocycles. The van der Waals surface area contributed by atoms with Crippen LogP contribution in [0.5, 0.6) is 5.75 Å². The van der Waals surface area contributed by atoms with Crippen molar-refractivity contribution in [1.82, 2.24) is 15.1 Å².